The lowest BCUT2D eigenvalue weighted by Crippen LogP contribution is -1.89. The number of halogens is 2. The van der Waals surface area contributed by atoms with Gasteiger partial charge in [-0.3, -0.25) is 0 Å². The molecule has 0 aliphatic carbocycles. The molecule has 0 spiro atoms. The van der Waals surface area contributed by atoms with Crippen LogP contribution in [0.4, 0.5) is 4.39 Å². The molecule has 0 saturated carbocycles. The lowest BCUT2D eigenvalue weighted by molar-refractivity contribution is 0.410. The van der Waals surface area contributed by atoms with Gasteiger partial charge in [0.2, 0.25) is 0 Å². The predicted molar refractivity (Wildman–Crippen MR) is 51.1 cm³/mol. The second kappa shape index (κ2) is 5.62. The Hall–Kier alpha value is 0.00623. The van der Waals surface area contributed by atoms with Crippen LogP contribution in [-0.2, 0) is 5.88 Å². The van der Waals surface area contributed by atoms with Gasteiger partial charge in [-0.05, 0) is 18.2 Å². The normalized spacial score (nSPS) is 8.92. The molecule has 0 saturated heterocycles. The standard InChI is InChI=1S/C8H8ClFO.Mg.2H/c1-11-8-3-2-7(10)4-6(8)5-9;;;/h2-4H,5H2,1H3;;;. The van der Waals surface area contributed by atoms with Crippen LogP contribution in [0.15, 0.2) is 18.2 Å². The van der Waals surface area contributed by atoms with E-state index in [2.05, 4.69) is 0 Å². The Labute approximate surface area is 92.0 Å². The first-order valence-electron chi connectivity index (χ1n) is 3.16. The highest BCUT2D eigenvalue weighted by Gasteiger charge is 2.01. The van der Waals surface area contributed by atoms with Gasteiger partial charge in [0.1, 0.15) is 11.6 Å². The number of rotatable bonds is 2. The molecular formula is C8H10ClFMgO. The molecule has 4 heteroatoms. The van der Waals surface area contributed by atoms with Gasteiger partial charge in [0.05, 0.1) is 13.0 Å². The first-order valence-corrected chi connectivity index (χ1v) is 3.69. The third-order valence-electron chi connectivity index (χ3n) is 1.39. The maximum Gasteiger partial charge on any atom is 0.316 e. The van der Waals surface area contributed by atoms with Gasteiger partial charge in [-0.25, -0.2) is 4.39 Å². The van der Waals surface area contributed by atoms with Crippen molar-refractivity contribution >= 4 is 34.7 Å². The van der Waals surface area contributed by atoms with Crippen LogP contribution in [0, 0.1) is 5.82 Å². The van der Waals surface area contributed by atoms with Crippen molar-refractivity contribution in [3.8, 4) is 5.75 Å². The Morgan fingerprint density at radius 1 is 1.50 bits per heavy atom. The van der Waals surface area contributed by atoms with E-state index < -0.39 is 0 Å². The molecular weight excluding hydrogens is 191 g/mol. The summed E-state index contributed by atoms with van der Waals surface area (Å²) >= 11 is 5.54. The second-order valence-corrected chi connectivity index (χ2v) is 2.36. The first kappa shape index (κ1) is 12.0. The lowest BCUT2D eigenvalue weighted by Gasteiger charge is -2.04. The SMILES string of the molecule is COc1ccc(F)cc1CCl.[MgH2]. The van der Waals surface area contributed by atoms with Gasteiger partial charge in [0.25, 0.3) is 0 Å². The minimum Gasteiger partial charge on any atom is -0.496 e. The fourth-order valence-electron chi connectivity index (χ4n) is 0.852. The van der Waals surface area contributed by atoms with Crippen molar-refractivity contribution in [3.05, 3.63) is 29.6 Å². The molecule has 1 aromatic rings. The lowest BCUT2D eigenvalue weighted by atomic mass is 10.2. The summed E-state index contributed by atoms with van der Waals surface area (Å²) in [7, 11) is 1.53. The van der Waals surface area contributed by atoms with Crippen molar-refractivity contribution in [1.82, 2.24) is 0 Å². The molecule has 0 aliphatic rings. The van der Waals surface area contributed by atoms with Gasteiger partial charge < -0.3 is 4.74 Å². The molecule has 0 N–H and O–H groups in total. The maximum absolute atomic E-state index is 12.6. The fourth-order valence-corrected chi connectivity index (χ4v) is 1.06. The highest BCUT2D eigenvalue weighted by molar-refractivity contribution is 6.17. The highest BCUT2D eigenvalue weighted by Crippen LogP contribution is 2.20. The zero-order valence-corrected chi connectivity index (χ0v) is 6.86. The van der Waals surface area contributed by atoms with Crippen LogP contribution in [0.1, 0.15) is 5.56 Å². The molecule has 0 bridgehead atoms. The minimum absolute atomic E-state index is 0. The highest BCUT2D eigenvalue weighted by atomic mass is 35.5. The molecule has 1 nitrogen and oxygen atoms in total. The van der Waals surface area contributed by atoms with Gasteiger partial charge in [-0.2, -0.15) is 0 Å². The largest absolute Gasteiger partial charge is 0.496 e. The quantitative estimate of drug-likeness (QED) is 0.522. The number of alkyl halides is 1. The maximum atomic E-state index is 12.6. The zero-order chi connectivity index (χ0) is 8.27. The smallest absolute Gasteiger partial charge is 0.316 e. The van der Waals surface area contributed by atoms with Crippen LogP contribution >= 0.6 is 11.6 Å². The van der Waals surface area contributed by atoms with Crippen LogP contribution in [0.2, 0.25) is 0 Å². The monoisotopic (exact) mass is 200 g/mol. The van der Waals surface area contributed by atoms with Gasteiger partial charge >= 0.3 is 23.1 Å². The summed E-state index contributed by atoms with van der Waals surface area (Å²) in [5.41, 5.74) is 0.675. The Kier molecular flexibility index (Phi) is 5.62. The number of hydrogen-bond donors (Lipinski definition) is 0. The van der Waals surface area contributed by atoms with Crippen molar-refractivity contribution < 1.29 is 9.13 Å². The van der Waals surface area contributed by atoms with Crippen LogP contribution in [-0.4, -0.2) is 30.2 Å². The molecule has 12 heavy (non-hydrogen) atoms. The van der Waals surface area contributed by atoms with E-state index in [9.17, 15) is 4.39 Å². The molecule has 0 amide bonds. The number of ether oxygens (including phenoxy) is 1. The van der Waals surface area contributed by atoms with E-state index in [0.29, 0.717) is 11.3 Å². The molecule has 0 atom stereocenters. The molecule has 0 fully saturated rings. The van der Waals surface area contributed by atoms with Gasteiger partial charge in [-0.15, -0.1) is 11.6 Å². The van der Waals surface area contributed by atoms with Crippen molar-refractivity contribution in [3.63, 3.8) is 0 Å². The van der Waals surface area contributed by atoms with Gasteiger partial charge in [0.15, 0.2) is 0 Å². The van der Waals surface area contributed by atoms with E-state index in [1.165, 1.54) is 19.2 Å². The van der Waals surface area contributed by atoms with E-state index in [1.54, 1.807) is 6.07 Å². The summed E-state index contributed by atoms with van der Waals surface area (Å²) < 4.78 is 17.5. The molecule has 0 unspecified atom stereocenters. The molecule has 0 aliphatic heterocycles. The number of hydrogen-bond acceptors (Lipinski definition) is 1. The molecule has 1 rings (SSSR count). The summed E-state index contributed by atoms with van der Waals surface area (Å²) in [6.07, 6.45) is 0. The Morgan fingerprint density at radius 3 is 2.67 bits per heavy atom. The van der Waals surface area contributed by atoms with Crippen LogP contribution < -0.4 is 4.74 Å². The van der Waals surface area contributed by atoms with E-state index in [1.807, 2.05) is 0 Å². The zero-order valence-electron chi connectivity index (χ0n) is 6.10. The van der Waals surface area contributed by atoms with Crippen molar-refractivity contribution in [1.29, 1.82) is 0 Å². The van der Waals surface area contributed by atoms with E-state index >= 15 is 0 Å². The number of benzene rings is 1. The van der Waals surface area contributed by atoms with Gasteiger partial charge in [-0.1, -0.05) is 0 Å². The second-order valence-electron chi connectivity index (χ2n) is 2.09. The molecule has 0 heterocycles. The summed E-state index contributed by atoms with van der Waals surface area (Å²) in [6, 6.07) is 4.27. The van der Waals surface area contributed by atoms with Crippen molar-refractivity contribution in [2.75, 3.05) is 7.11 Å². The number of methoxy groups -OCH3 is 1. The molecule has 0 radical (unpaired) electrons. The van der Waals surface area contributed by atoms with Crippen LogP contribution in [0.3, 0.4) is 0 Å². The average molecular weight is 201 g/mol. The summed E-state index contributed by atoms with van der Waals surface area (Å²) in [4.78, 5) is 0. The van der Waals surface area contributed by atoms with E-state index in [-0.39, 0.29) is 34.8 Å². The summed E-state index contributed by atoms with van der Waals surface area (Å²) in [5.74, 6) is 0.601. The van der Waals surface area contributed by atoms with Crippen molar-refractivity contribution in [2.45, 2.75) is 5.88 Å². The third kappa shape index (κ3) is 2.81. The summed E-state index contributed by atoms with van der Waals surface area (Å²) in [6.45, 7) is 0. The minimum atomic E-state index is -0.290. The Bertz CT molecular complexity index is 255. The van der Waals surface area contributed by atoms with Crippen molar-refractivity contribution in [2.24, 2.45) is 0 Å². The van der Waals surface area contributed by atoms with E-state index in [0.717, 1.165) is 0 Å². The van der Waals surface area contributed by atoms with Crippen LogP contribution in [0.25, 0.3) is 0 Å². The predicted octanol–water partition coefficient (Wildman–Crippen LogP) is 1.66. The average Bonchev–Trinajstić information content (AvgIpc) is 2.04. The molecule has 64 valence electrons. The third-order valence-corrected chi connectivity index (χ3v) is 1.67. The molecule has 1 aromatic carbocycles. The Balaban J connectivity index is 0.00000121. The molecule has 0 aromatic heterocycles. The Morgan fingerprint density at radius 2 is 2.17 bits per heavy atom. The van der Waals surface area contributed by atoms with Gasteiger partial charge in [0, 0.05) is 5.56 Å². The van der Waals surface area contributed by atoms with Crippen LogP contribution in [0.5, 0.6) is 5.75 Å². The topological polar surface area (TPSA) is 9.23 Å². The summed E-state index contributed by atoms with van der Waals surface area (Å²) in [5, 5.41) is 0. The van der Waals surface area contributed by atoms with E-state index in [4.69, 9.17) is 16.3 Å². The first-order chi connectivity index (χ1) is 5.27. The fraction of sp³-hybridized carbons (Fsp3) is 0.250.